The van der Waals surface area contributed by atoms with E-state index in [1.807, 2.05) is 31.2 Å². The van der Waals surface area contributed by atoms with Gasteiger partial charge in [-0.15, -0.1) is 0 Å². The molecule has 2 rings (SSSR count). The van der Waals surface area contributed by atoms with Crippen LogP contribution in [0.1, 0.15) is 43.4 Å². The van der Waals surface area contributed by atoms with Crippen molar-refractivity contribution in [2.75, 3.05) is 12.3 Å². The van der Waals surface area contributed by atoms with Gasteiger partial charge in [0.1, 0.15) is 5.75 Å². The summed E-state index contributed by atoms with van der Waals surface area (Å²) in [6.45, 7) is 8.59. The number of ether oxygens (including phenoxy) is 1. The highest BCUT2D eigenvalue weighted by Crippen LogP contribution is 2.29. The van der Waals surface area contributed by atoms with Crippen LogP contribution in [0.25, 0.3) is 0 Å². The molecule has 28 heavy (non-hydrogen) atoms. The summed E-state index contributed by atoms with van der Waals surface area (Å²) in [4.78, 5) is 12.4. The maximum atomic E-state index is 12.4. The first-order valence-corrected chi connectivity index (χ1v) is 11.3. The van der Waals surface area contributed by atoms with E-state index < -0.39 is 6.10 Å². The molecule has 0 heterocycles. The molecule has 2 aromatic carbocycles. The molecule has 152 valence electrons. The molecule has 0 bridgehead atoms. The van der Waals surface area contributed by atoms with Crippen LogP contribution in [0.2, 0.25) is 10.0 Å². The third kappa shape index (κ3) is 6.61. The van der Waals surface area contributed by atoms with Crippen molar-refractivity contribution in [1.29, 1.82) is 0 Å². The van der Waals surface area contributed by atoms with Gasteiger partial charge in [-0.3, -0.25) is 4.79 Å². The standard InChI is InChI=1S/C22H27Cl2NO2S/c1-14(2)17-9-8-15(3)12-21(17)27-16(4)22(26)25-10-11-28-13-18-19(23)6-5-7-20(18)24/h5-9,12,14,16H,10-11,13H2,1-4H3,(H,25,26)/t16-/m0/s1. The fourth-order valence-corrected chi connectivity index (χ4v) is 4.29. The Labute approximate surface area is 182 Å². The van der Waals surface area contributed by atoms with Crippen LogP contribution in [0.4, 0.5) is 0 Å². The molecule has 0 aliphatic rings. The lowest BCUT2D eigenvalue weighted by Gasteiger charge is -2.19. The van der Waals surface area contributed by atoms with Crippen LogP contribution < -0.4 is 10.1 Å². The summed E-state index contributed by atoms with van der Waals surface area (Å²) in [5, 5.41) is 4.27. The van der Waals surface area contributed by atoms with Crippen LogP contribution in [0.15, 0.2) is 36.4 Å². The molecule has 1 N–H and O–H groups in total. The van der Waals surface area contributed by atoms with Gasteiger partial charge in [0, 0.05) is 28.1 Å². The van der Waals surface area contributed by atoms with Crippen LogP contribution in [0, 0.1) is 6.92 Å². The van der Waals surface area contributed by atoms with Crippen LogP contribution >= 0.6 is 35.0 Å². The quantitative estimate of drug-likeness (QED) is 0.469. The predicted molar refractivity (Wildman–Crippen MR) is 121 cm³/mol. The van der Waals surface area contributed by atoms with Crippen LogP contribution in [-0.2, 0) is 10.5 Å². The van der Waals surface area contributed by atoms with Crippen molar-refractivity contribution in [3.05, 3.63) is 63.1 Å². The second-order valence-corrected chi connectivity index (χ2v) is 8.92. The van der Waals surface area contributed by atoms with Crippen LogP contribution in [-0.4, -0.2) is 24.3 Å². The smallest absolute Gasteiger partial charge is 0.260 e. The first-order valence-electron chi connectivity index (χ1n) is 9.35. The second-order valence-electron chi connectivity index (χ2n) is 7.00. The van der Waals surface area contributed by atoms with Crippen molar-refractivity contribution in [2.24, 2.45) is 0 Å². The molecule has 0 aromatic heterocycles. The van der Waals surface area contributed by atoms with Gasteiger partial charge in [0.25, 0.3) is 5.91 Å². The maximum absolute atomic E-state index is 12.4. The lowest BCUT2D eigenvalue weighted by Crippen LogP contribution is -2.37. The molecule has 6 heteroatoms. The number of amides is 1. The van der Waals surface area contributed by atoms with Gasteiger partial charge in [-0.25, -0.2) is 0 Å². The number of carbonyl (C=O) groups excluding carboxylic acids is 1. The molecule has 0 saturated carbocycles. The molecule has 0 aliphatic heterocycles. The van der Waals surface area contributed by atoms with Gasteiger partial charge in [-0.1, -0.05) is 55.2 Å². The average Bonchev–Trinajstić information content (AvgIpc) is 2.63. The first kappa shape index (κ1) is 22.9. The Bertz CT molecular complexity index is 791. The van der Waals surface area contributed by atoms with E-state index in [0.29, 0.717) is 28.3 Å². The number of rotatable bonds is 9. The van der Waals surface area contributed by atoms with E-state index in [4.69, 9.17) is 27.9 Å². The number of nitrogens with one attached hydrogen (secondary N) is 1. The molecule has 2 aromatic rings. The number of benzene rings is 2. The Balaban J connectivity index is 1.80. The molecule has 0 aliphatic carbocycles. The van der Waals surface area contributed by atoms with Crippen LogP contribution in [0.5, 0.6) is 5.75 Å². The molecule has 1 amide bonds. The van der Waals surface area contributed by atoms with E-state index in [2.05, 4.69) is 31.3 Å². The number of hydrogen-bond acceptors (Lipinski definition) is 3. The fourth-order valence-electron chi connectivity index (χ4n) is 2.70. The molecular formula is C22H27Cl2NO2S. The van der Waals surface area contributed by atoms with E-state index in [-0.39, 0.29) is 5.91 Å². The number of thioether (sulfide) groups is 1. The summed E-state index contributed by atoms with van der Waals surface area (Å²) in [5.41, 5.74) is 3.15. The van der Waals surface area contributed by atoms with Crippen LogP contribution in [0.3, 0.4) is 0 Å². The number of carbonyl (C=O) groups is 1. The van der Waals surface area contributed by atoms with E-state index in [9.17, 15) is 4.79 Å². The molecular weight excluding hydrogens is 413 g/mol. The van der Waals surface area contributed by atoms with Crippen molar-refractivity contribution in [3.63, 3.8) is 0 Å². The Hall–Kier alpha value is -1.36. The Morgan fingerprint density at radius 2 is 1.82 bits per heavy atom. The zero-order valence-corrected chi connectivity index (χ0v) is 19.0. The normalized spacial score (nSPS) is 12.1. The SMILES string of the molecule is Cc1ccc(C(C)C)c(O[C@@H](C)C(=O)NCCSCc2c(Cl)cccc2Cl)c1. The third-order valence-corrected chi connectivity index (χ3v) is 6.01. The second kappa shape index (κ2) is 11.0. The third-order valence-electron chi connectivity index (χ3n) is 4.32. The van der Waals surface area contributed by atoms with Crippen molar-refractivity contribution >= 4 is 40.9 Å². The number of halogens is 2. The monoisotopic (exact) mass is 439 g/mol. The first-order chi connectivity index (χ1) is 13.3. The zero-order valence-electron chi connectivity index (χ0n) is 16.7. The van der Waals surface area contributed by atoms with Crippen molar-refractivity contribution in [2.45, 2.75) is 45.5 Å². The van der Waals surface area contributed by atoms with Gasteiger partial charge in [-0.05, 0) is 54.7 Å². The average molecular weight is 440 g/mol. The summed E-state index contributed by atoms with van der Waals surface area (Å²) >= 11 is 14.0. The molecule has 0 spiro atoms. The molecule has 0 saturated heterocycles. The molecule has 0 unspecified atom stereocenters. The Morgan fingerprint density at radius 3 is 2.46 bits per heavy atom. The molecule has 0 fully saturated rings. The number of hydrogen-bond donors (Lipinski definition) is 1. The largest absolute Gasteiger partial charge is 0.481 e. The highest BCUT2D eigenvalue weighted by molar-refractivity contribution is 7.98. The van der Waals surface area contributed by atoms with Gasteiger partial charge < -0.3 is 10.1 Å². The lowest BCUT2D eigenvalue weighted by molar-refractivity contribution is -0.127. The van der Waals surface area contributed by atoms with E-state index in [0.717, 1.165) is 28.2 Å². The van der Waals surface area contributed by atoms with E-state index >= 15 is 0 Å². The lowest BCUT2D eigenvalue weighted by atomic mass is 10.0. The summed E-state index contributed by atoms with van der Waals surface area (Å²) in [7, 11) is 0. The summed E-state index contributed by atoms with van der Waals surface area (Å²) in [6.07, 6.45) is -0.553. The number of aryl methyl sites for hydroxylation is 1. The van der Waals surface area contributed by atoms with Crippen molar-refractivity contribution < 1.29 is 9.53 Å². The van der Waals surface area contributed by atoms with E-state index in [1.54, 1.807) is 18.7 Å². The minimum Gasteiger partial charge on any atom is -0.481 e. The minimum atomic E-state index is -0.553. The van der Waals surface area contributed by atoms with Crippen molar-refractivity contribution in [3.8, 4) is 5.75 Å². The highest BCUT2D eigenvalue weighted by Gasteiger charge is 2.17. The van der Waals surface area contributed by atoms with Gasteiger partial charge in [-0.2, -0.15) is 11.8 Å². The molecule has 0 radical (unpaired) electrons. The highest BCUT2D eigenvalue weighted by atomic mass is 35.5. The zero-order chi connectivity index (χ0) is 20.7. The van der Waals surface area contributed by atoms with E-state index in [1.165, 1.54) is 0 Å². The summed E-state index contributed by atoms with van der Waals surface area (Å²) in [6, 6.07) is 11.6. The Kier molecular flexibility index (Phi) is 9.00. The fraction of sp³-hybridized carbons (Fsp3) is 0.409. The van der Waals surface area contributed by atoms with Gasteiger partial charge in [0.15, 0.2) is 6.10 Å². The van der Waals surface area contributed by atoms with Gasteiger partial charge >= 0.3 is 0 Å². The topological polar surface area (TPSA) is 38.3 Å². The summed E-state index contributed by atoms with van der Waals surface area (Å²) < 4.78 is 5.95. The Morgan fingerprint density at radius 1 is 1.14 bits per heavy atom. The van der Waals surface area contributed by atoms with Gasteiger partial charge in [0.05, 0.1) is 0 Å². The van der Waals surface area contributed by atoms with Gasteiger partial charge in [0.2, 0.25) is 0 Å². The molecule has 1 atom stereocenters. The van der Waals surface area contributed by atoms with Crippen molar-refractivity contribution in [1.82, 2.24) is 5.32 Å². The predicted octanol–water partition coefficient (Wildman–Crippen LogP) is 6.24. The molecule has 3 nitrogen and oxygen atoms in total. The maximum Gasteiger partial charge on any atom is 0.260 e. The summed E-state index contributed by atoms with van der Waals surface area (Å²) in [5.74, 6) is 2.47. The minimum absolute atomic E-state index is 0.118.